The van der Waals surface area contributed by atoms with Crippen LogP contribution in [0.3, 0.4) is 0 Å². The van der Waals surface area contributed by atoms with Crippen LogP contribution in [0.4, 0.5) is 8.78 Å². The van der Waals surface area contributed by atoms with Crippen LogP contribution < -0.4 is 5.46 Å². The average Bonchev–Trinajstić information content (AvgIpc) is 3.53. The van der Waals surface area contributed by atoms with Crippen LogP contribution in [-0.2, 0) is 9.31 Å². The van der Waals surface area contributed by atoms with E-state index in [2.05, 4.69) is 19.9 Å². The number of hydrogen-bond acceptors (Lipinski definition) is 6. The second-order valence-corrected chi connectivity index (χ2v) is 17.4. The highest BCUT2D eigenvalue weighted by Crippen LogP contribution is 2.37. The molecule has 0 unspecified atom stereocenters. The molecule has 14 heteroatoms. The lowest BCUT2D eigenvalue weighted by Gasteiger charge is -2.32. The number of aromatic nitrogens is 4. The summed E-state index contributed by atoms with van der Waals surface area (Å²) >= 11 is 29.5. The summed E-state index contributed by atoms with van der Waals surface area (Å²) in [4.78, 5) is 17.9. The van der Waals surface area contributed by atoms with Crippen molar-refractivity contribution in [1.82, 2.24) is 19.9 Å². The Kier molecular flexibility index (Phi) is 14.8. The van der Waals surface area contributed by atoms with Gasteiger partial charge >= 0.3 is 7.12 Å². The fourth-order valence-electron chi connectivity index (χ4n) is 6.40. The van der Waals surface area contributed by atoms with E-state index in [1.54, 1.807) is 0 Å². The van der Waals surface area contributed by atoms with Crippen LogP contribution in [0.1, 0.15) is 27.7 Å². The fraction of sp³-hybridized carbons (Fsp3) is 0.120. The van der Waals surface area contributed by atoms with Gasteiger partial charge in [0, 0.05) is 27.8 Å². The summed E-state index contributed by atoms with van der Waals surface area (Å²) in [5.41, 5.74) is 7.43. The van der Waals surface area contributed by atoms with Gasteiger partial charge in [0.05, 0.1) is 54.1 Å². The van der Waals surface area contributed by atoms with Crippen molar-refractivity contribution in [1.29, 1.82) is 0 Å². The highest BCUT2D eigenvalue weighted by Gasteiger charge is 2.51. The van der Waals surface area contributed by atoms with E-state index in [4.69, 9.17) is 67.3 Å². The number of halogens is 7. The molecule has 0 bridgehead atoms. The Morgan fingerprint density at radius 2 is 0.703 bits per heavy atom. The van der Waals surface area contributed by atoms with Gasteiger partial charge in [0.1, 0.15) is 0 Å². The van der Waals surface area contributed by atoms with Crippen molar-refractivity contribution in [2.75, 3.05) is 0 Å². The van der Waals surface area contributed by atoms with Crippen LogP contribution in [-0.4, -0.2) is 38.3 Å². The first-order chi connectivity index (χ1) is 30.6. The van der Waals surface area contributed by atoms with Gasteiger partial charge in [0.15, 0.2) is 17.5 Å². The van der Waals surface area contributed by atoms with Crippen molar-refractivity contribution in [2.24, 2.45) is 0 Å². The van der Waals surface area contributed by atoms with Gasteiger partial charge in [-0.1, -0.05) is 168 Å². The molecule has 0 N–H and O–H groups in total. The molecule has 0 aliphatic carbocycles. The average molecular weight is 953 g/mol. The molecule has 1 aliphatic rings. The largest absolute Gasteiger partial charge is 0.494 e. The molecule has 2 aromatic heterocycles. The van der Waals surface area contributed by atoms with Gasteiger partial charge in [-0.05, 0) is 81.2 Å². The summed E-state index contributed by atoms with van der Waals surface area (Å²) in [6.45, 7) is 7.78. The summed E-state index contributed by atoms with van der Waals surface area (Å²) < 4.78 is 38.8. The molecule has 1 saturated heterocycles. The molecule has 6 aromatic carbocycles. The molecule has 0 radical (unpaired) electrons. The molecular weight excluding hydrogens is 915 g/mol. The van der Waals surface area contributed by atoms with Crippen LogP contribution in [0, 0.1) is 11.6 Å². The molecule has 0 amide bonds. The lowest BCUT2D eigenvalue weighted by atomic mass is 9.79. The van der Waals surface area contributed by atoms with Gasteiger partial charge in [-0.2, -0.15) is 0 Å². The van der Waals surface area contributed by atoms with Gasteiger partial charge in [0.2, 0.25) is 5.28 Å². The maximum Gasteiger partial charge on any atom is 0.494 e. The molecule has 0 saturated carbocycles. The van der Waals surface area contributed by atoms with E-state index in [1.165, 1.54) is 24.3 Å². The van der Waals surface area contributed by atoms with E-state index in [-0.39, 0.29) is 25.4 Å². The fourth-order valence-corrected chi connectivity index (χ4v) is 7.57. The molecule has 9 rings (SSSR count). The number of nitrogens with zero attached hydrogens (tertiary/aromatic N) is 4. The van der Waals surface area contributed by atoms with Crippen molar-refractivity contribution in [3.63, 3.8) is 0 Å². The predicted octanol–water partition coefficient (Wildman–Crippen LogP) is 14.8. The molecule has 8 aromatic rings. The SMILES string of the molecule is CC1(C)OB(c2cc(Cl)c(F)c(Cl)c2)OC1(C)C.Clc1nc(-c2ccccc2)cc(-c2ccccc2)n1.Fc1c(Cl)cc(-c2nc(-c3ccccc3)cc(-c3ccccc3)n2)cc1Cl. The summed E-state index contributed by atoms with van der Waals surface area (Å²) in [6.07, 6.45) is 0. The zero-order valence-electron chi connectivity index (χ0n) is 34.8. The predicted molar refractivity (Wildman–Crippen MR) is 258 cm³/mol. The Morgan fingerprint density at radius 1 is 0.406 bits per heavy atom. The smallest absolute Gasteiger partial charge is 0.399 e. The van der Waals surface area contributed by atoms with Crippen LogP contribution in [0.15, 0.2) is 158 Å². The monoisotopic (exact) mass is 950 g/mol. The summed E-state index contributed by atoms with van der Waals surface area (Å²) in [5, 5.41) is 0.0691. The normalized spacial score (nSPS) is 13.6. The summed E-state index contributed by atoms with van der Waals surface area (Å²) in [5.74, 6) is -0.845. The molecule has 0 atom stereocenters. The third-order valence-electron chi connectivity index (χ3n) is 10.5. The quantitative estimate of drug-likeness (QED) is 0.0939. The molecule has 64 heavy (non-hydrogen) atoms. The standard InChI is InChI=1S/C22H13Cl2FN2.C16H11ClN2.C12H14BCl2FO2/c23-17-11-16(12-18(24)21(17)25)22-26-19(14-7-3-1-4-8-14)13-20(27-22)15-9-5-2-6-10-15;17-16-18-14(12-7-3-1-4-8-12)11-15(19-16)13-9-5-2-6-10-13;1-11(2)12(3,4)18-13(17-11)7-5-8(14)10(16)9(15)6-7/h1-13H;1-11H;5-6H,1-4H3. The van der Waals surface area contributed by atoms with Crippen molar-refractivity contribution in [3.8, 4) is 56.4 Å². The number of hydrogen-bond donors (Lipinski definition) is 0. The van der Waals surface area contributed by atoms with Gasteiger partial charge in [-0.3, -0.25) is 0 Å². The highest BCUT2D eigenvalue weighted by atomic mass is 35.5. The van der Waals surface area contributed by atoms with E-state index in [1.807, 2.05) is 161 Å². The van der Waals surface area contributed by atoms with Crippen molar-refractivity contribution in [3.05, 3.63) is 195 Å². The second kappa shape index (κ2) is 20.3. The number of rotatable bonds is 6. The Hall–Kier alpha value is -5.23. The zero-order valence-corrected chi connectivity index (χ0v) is 38.6. The van der Waals surface area contributed by atoms with E-state index in [9.17, 15) is 8.78 Å². The maximum absolute atomic E-state index is 13.8. The van der Waals surface area contributed by atoms with Crippen LogP contribution in [0.5, 0.6) is 0 Å². The van der Waals surface area contributed by atoms with Gasteiger partial charge in [-0.25, -0.2) is 28.7 Å². The molecule has 6 nitrogen and oxygen atoms in total. The maximum atomic E-state index is 13.8. The minimum atomic E-state index is -0.649. The Bertz CT molecular complexity index is 2710. The summed E-state index contributed by atoms with van der Waals surface area (Å²) in [6, 6.07) is 49.3. The molecule has 1 fully saturated rings. The van der Waals surface area contributed by atoms with Gasteiger partial charge < -0.3 is 9.31 Å². The molecule has 1 aliphatic heterocycles. The van der Waals surface area contributed by atoms with Gasteiger partial charge in [0.25, 0.3) is 0 Å². The van der Waals surface area contributed by atoms with E-state index >= 15 is 0 Å². The lowest BCUT2D eigenvalue weighted by molar-refractivity contribution is 0.00578. The van der Waals surface area contributed by atoms with Crippen molar-refractivity contribution in [2.45, 2.75) is 38.9 Å². The molecule has 3 heterocycles. The van der Waals surface area contributed by atoms with Crippen LogP contribution in [0.2, 0.25) is 25.4 Å². The summed E-state index contributed by atoms with van der Waals surface area (Å²) in [7, 11) is -0.592. The third kappa shape index (κ3) is 11.2. The van der Waals surface area contributed by atoms with E-state index in [0.29, 0.717) is 16.9 Å². The first kappa shape index (κ1) is 46.8. The molecule has 322 valence electrons. The second-order valence-electron chi connectivity index (χ2n) is 15.5. The minimum absolute atomic E-state index is 0.0350. The lowest BCUT2D eigenvalue weighted by Crippen LogP contribution is -2.41. The van der Waals surface area contributed by atoms with E-state index in [0.717, 1.165) is 45.0 Å². The Labute approximate surface area is 396 Å². The number of benzene rings is 6. The first-order valence-electron chi connectivity index (χ1n) is 19.9. The van der Waals surface area contributed by atoms with Crippen LogP contribution in [0.25, 0.3) is 56.4 Å². The highest BCUT2D eigenvalue weighted by molar-refractivity contribution is 6.62. The third-order valence-corrected chi connectivity index (χ3v) is 11.7. The Balaban J connectivity index is 0.000000148. The van der Waals surface area contributed by atoms with Crippen molar-refractivity contribution < 1.29 is 18.1 Å². The topological polar surface area (TPSA) is 70.0 Å². The van der Waals surface area contributed by atoms with Crippen LogP contribution >= 0.6 is 58.0 Å². The first-order valence-corrected chi connectivity index (χ1v) is 21.8. The molecule has 0 spiro atoms. The Morgan fingerprint density at radius 3 is 1.03 bits per heavy atom. The minimum Gasteiger partial charge on any atom is -0.399 e. The zero-order chi connectivity index (χ0) is 45.6. The molecular formula is C50H38BCl5F2N4O2. The van der Waals surface area contributed by atoms with Crippen molar-refractivity contribution >= 4 is 70.6 Å². The van der Waals surface area contributed by atoms with Gasteiger partial charge in [-0.15, -0.1) is 0 Å². The van der Waals surface area contributed by atoms with E-state index < -0.39 is 30.0 Å².